The van der Waals surface area contributed by atoms with Crippen LogP contribution in [-0.4, -0.2) is 12.3 Å². The molecule has 0 aromatic heterocycles. The zero-order chi connectivity index (χ0) is 11.6. The number of halogens is 1. The Hall–Kier alpha value is -1.22. The molecule has 1 aromatic carbocycles. The summed E-state index contributed by atoms with van der Waals surface area (Å²) in [6.07, 6.45) is 0. The largest absolute Gasteiger partial charge is 0.324 e. The number of hydrogen-bond acceptors (Lipinski definition) is 2. The molecular formula is C12H16FNO. The van der Waals surface area contributed by atoms with Gasteiger partial charge in [0.1, 0.15) is 5.82 Å². The Balaban J connectivity index is 3.29. The molecule has 0 aliphatic heterocycles. The van der Waals surface area contributed by atoms with Gasteiger partial charge in [-0.2, -0.15) is 0 Å². The molecule has 0 fully saturated rings. The van der Waals surface area contributed by atoms with Crippen molar-refractivity contribution < 1.29 is 9.18 Å². The van der Waals surface area contributed by atoms with Crippen LogP contribution in [0.1, 0.15) is 41.3 Å². The SMILES string of the molecule is Cc1cc(F)c(C(C)C)cc1C(=O)CN. The van der Waals surface area contributed by atoms with Crippen molar-refractivity contribution in [2.24, 2.45) is 5.73 Å². The Labute approximate surface area is 89.3 Å². The third-order valence-corrected chi connectivity index (χ3v) is 2.45. The van der Waals surface area contributed by atoms with Crippen molar-refractivity contribution in [3.8, 4) is 0 Å². The first-order valence-electron chi connectivity index (χ1n) is 5.00. The molecule has 2 nitrogen and oxygen atoms in total. The highest BCUT2D eigenvalue weighted by Gasteiger charge is 2.13. The van der Waals surface area contributed by atoms with Gasteiger partial charge in [0.25, 0.3) is 0 Å². The number of hydrogen-bond donors (Lipinski definition) is 1. The molecule has 0 spiro atoms. The average molecular weight is 209 g/mol. The van der Waals surface area contributed by atoms with Crippen LogP contribution in [-0.2, 0) is 0 Å². The minimum absolute atomic E-state index is 0.0377. The number of nitrogens with two attached hydrogens (primary N) is 1. The van der Waals surface area contributed by atoms with E-state index in [1.165, 1.54) is 6.07 Å². The molecule has 0 saturated carbocycles. The maximum atomic E-state index is 13.5. The third-order valence-electron chi connectivity index (χ3n) is 2.45. The summed E-state index contributed by atoms with van der Waals surface area (Å²) in [6.45, 7) is 5.47. The highest BCUT2D eigenvalue weighted by Crippen LogP contribution is 2.22. The molecule has 2 N–H and O–H groups in total. The van der Waals surface area contributed by atoms with Gasteiger partial charge in [-0.25, -0.2) is 4.39 Å². The first kappa shape index (κ1) is 11.9. The first-order chi connectivity index (χ1) is 6.97. The Morgan fingerprint density at radius 1 is 1.47 bits per heavy atom. The van der Waals surface area contributed by atoms with Crippen LogP contribution >= 0.6 is 0 Å². The van der Waals surface area contributed by atoms with Crippen LogP contribution in [0.25, 0.3) is 0 Å². The fraction of sp³-hybridized carbons (Fsp3) is 0.417. The van der Waals surface area contributed by atoms with Crippen LogP contribution in [0.4, 0.5) is 4.39 Å². The van der Waals surface area contributed by atoms with E-state index in [0.29, 0.717) is 16.7 Å². The van der Waals surface area contributed by atoms with Gasteiger partial charge in [-0.1, -0.05) is 13.8 Å². The minimum Gasteiger partial charge on any atom is -0.324 e. The summed E-state index contributed by atoms with van der Waals surface area (Å²) >= 11 is 0. The van der Waals surface area contributed by atoms with Gasteiger partial charge in [0.2, 0.25) is 0 Å². The van der Waals surface area contributed by atoms with Crippen LogP contribution in [0.2, 0.25) is 0 Å². The van der Waals surface area contributed by atoms with Gasteiger partial charge in [0, 0.05) is 5.56 Å². The fourth-order valence-electron chi connectivity index (χ4n) is 1.54. The number of carbonyl (C=O) groups excluding carboxylic acids is 1. The summed E-state index contributed by atoms with van der Waals surface area (Å²) < 4.78 is 13.5. The Bertz CT molecular complexity index is 385. The van der Waals surface area contributed by atoms with E-state index in [4.69, 9.17) is 5.73 Å². The van der Waals surface area contributed by atoms with Crippen LogP contribution in [0.15, 0.2) is 12.1 Å². The highest BCUT2D eigenvalue weighted by atomic mass is 19.1. The lowest BCUT2D eigenvalue weighted by Crippen LogP contribution is -2.15. The Morgan fingerprint density at radius 3 is 2.53 bits per heavy atom. The van der Waals surface area contributed by atoms with Gasteiger partial charge in [-0.05, 0) is 36.1 Å². The topological polar surface area (TPSA) is 43.1 Å². The van der Waals surface area contributed by atoms with Crippen molar-refractivity contribution in [3.63, 3.8) is 0 Å². The van der Waals surface area contributed by atoms with E-state index < -0.39 is 0 Å². The van der Waals surface area contributed by atoms with Crippen LogP contribution in [0.3, 0.4) is 0 Å². The molecule has 0 radical (unpaired) electrons. The fourth-order valence-corrected chi connectivity index (χ4v) is 1.54. The molecule has 1 aromatic rings. The molecule has 0 heterocycles. The molecule has 0 unspecified atom stereocenters. The normalized spacial score (nSPS) is 10.8. The van der Waals surface area contributed by atoms with E-state index in [2.05, 4.69) is 0 Å². The van der Waals surface area contributed by atoms with E-state index in [0.717, 1.165) is 0 Å². The number of benzene rings is 1. The van der Waals surface area contributed by atoms with E-state index in [1.807, 2.05) is 13.8 Å². The second-order valence-corrected chi connectivity index (χ2v) is 3.97. The van der Waals surface area contributed by atoms with Crippen molar-refractivity contribution in [3.05, 3.63) is 34.6 Å². The van der Waals surface area contributed by atoms with Crippen LogP contribution in [0, 0.1) is 12.7 Å². The van der Waals surface area contributed by atoms with E-state index in [1.54, 1.807) is 13.0 Å². The predicted molar refractivity (Wildman–Crippen MR) is 58.6 cm³/mol. The Kier molecular flexibility index (Phi) is 3.58. The number of rotatable bonds is 3. The molecule has 3 heteroatoms. The molecule has 0 aliphatic carbocycles. The van der Waals surface area contributed by atoms with Crippen molar-refractivity contribution in [1.82, 2.24) is 0 Å². The summed E-state index contributed by atoms with van der Waals surface area (Å²) in [5.74, 6) is -0.333. The zero-order valence-corrected chi connectivity index (χ0v) is 9.30. The summed E-state index contributed by atoms with van der Waals surface area (Å²) in [7, 11) is 0. The second-order valence-electron chi connectivity index (χ2n) is 3.97. The monoisotopic (exact) mass is 209 g/mol. The zero-order valence-electron chi connectivity index (χ0n) is 9.30. The van der Waals surface area contributed by atoms with Crippen molar-refractivity contribution >= 4 is 5.78 Å². The van der Waals surface area contributed by atoms with Gasteiger partial charge in [0.15, 0.2) is 5.78 Å². The summed E-state index contributed by atoms with van der Waals surface area (Å²) in [5.41, 5.74) is 7.04. The van der Waals surface area contributed by atoms with Crippen molar-refractivity contribution in [1.29, 1.82) is 0 Å². The van der Waals surface area contributed by atoms with Crippen LogP contribution in [0.5, 0.6) is 0 Å². The first-order valence-corrected chi connectivity index (χ1v) is 5.00. The number of Topliss-reactive ketones (excluding diaryl/α,β-unsaturated/α-hetero) is 1. The van der Waals surface area contributed by atoms with Gasteiger partial charge >= 0.3 is 0 Å². The van der Waals surface area contributed by atoms with Gasteiger partial charge in [0.05, 0.1) is 6.54 Å². The van der Waals surface area contributed by atoms with Gasteiger partial charge in [-0.15, -0.1) is 0 Å². The highest BCUT2D eigenvalue weighted by molar-refractivity contribution is 5.99. The van der Waals surface area contributed by atoms with Gasteiger partial charge in [-0.3, -0.25) is 4.79 Å². The average Bonchev–Trinajstić information content (AvgIpc) is 2.16. The molecule has 1 rings (SSSR count). The van der Waals surface area contributed by atoms with E-state index in [-0.39, 0.29) is 24.1 Å². The van der Waals surface area contributed by atoms with Crippen molar-refractivity contribution in [2.45, 2.75) is 26.7 Å². The quantitative estimate of drug-likeness (QED) is 0.777. The maximum Gasteiger partial charge on any atom is 0.176 e. The Morgan fingerprint density at radius 2 is 2.07 bits per heavy atom. The molecule has 82 valence electrons. The standard InChI is InChI=1S/C12H16FNO/c1-7(2)9-5-10(12(15)6-14)8(3)4-11(9)13/h4-5,7H,6,14H2,1-3H3. The molecule has 15 heavy (non-hydrogen) atoms. The van der Waals surface area contributed by atoms with Crippen molar-refractivity contribution in [2.75, 3.05) is 6.54 Å². The molecule has 0 saturated heterocycles. The summed E-state index contributed by atoms with van der Waals surface area (Å²) in [5, 5.41) is 0. The van der Waals surface area contributed by atoms with Crippen LogP contribution < -0.4 is 5.73 Å². The van der Waals surface area contributed by atoms with Gasteiger partial charge < -0.3 is 5.73 Å². The number of aryl methyl sites for hydroxylation is 1. The summed E-state index contributed by atoms with van der Waals surface area (Å²) in [6, 6.07) is 3.02. The lowest BCUT2D eigenvalue weighted by molar-refractivity contribution is 0.100. The van der Waals surface area contributed by atoms with E-state index >= 15 is 0 Å². The lowest BCUT2D eigenvalue weighted by Gasteiger charge is -2.11. The lowest BCUT2D eigenvalue weighted by atomic mass is 9.95. The second kappa shape index (κ2) is 4.53. The number of ketones is 1. The predicted octanol–water partition coefficient (Wildman–Crippen LogP) is 2.40. The molecule has 0 aliphatic rings. The molecule has 0 bridgehead atoms. The smallest absolute Gasteiger partial charge is 0.176 e. The number of carbonyl (C=O) groups is 1. The molecule has 0 amide bonds. The summed E-state index contributed by atoms with van der Waals surface area (Å²) in [4.78, 5) is 11.5. The molecule has 0 atom stereocenters. The molecular weight excluding hydrogens is 193 g/mol. The maximum absolute atomic E-state index is 13.5. The minimum atomic E-state index is -0.254. The third kappa shape index (κ3) is 2.42. The van der Waals surface area contributed by atoms with E-state index in [9.17, 15) is 9.18 Å².